The molecule has 7 heteroatoms. The largest absolute Gasteiger partial charge is 0.369 e. The molecule has 0 unspecified atom stereocenters. The molecule has 33 heavy (non-hydrogen) atoms. The number of carbonyl (C=O) groups excluding carboxylic acids is 2. The van der Waals surface area contributed by atoms with E-state index in [9.17, 15) is 9.59 Å². The van der Waals surface area contributed by atoms with Crippen LogP contribution in [0.2, 0.25) is 5.02 Å². The average molecular weight is 527 g/mol. The molecule has 1 saturated heterocycles. The van der Waals surface area contributed by atoms with Crippen LogP contribution in [0.5, 0.6) is 0 Å². The number of piperazine rings is 1. The van der Waals surface area contributed by atoms with Crippen molar-refractivity contribution in [2.45, 2.75) is 6.92 Å². The number of hydrogen-bond acceptors (Lipinski definition) is 4. The van der Waals surface area contributed by atoms with Crippen LogP contribution in [0.4, 0.5) is 11.4 Å². The smallest absolute Gasteiger partial charge is 0.238 e. The lowest BCUT2D eigenvalue weighted by Gasteiger charge is -2.35. The van der Waals surface area contributed by atoms with Gasteiger partial charge in [-0.05, 0) is 55.0 Å². The molecule has 1 aliphatic rings. The van der Waals surface area contributed by atoms with Crippen molar-refractivity contribution in [1.82, 2.24) is 4.90 Å². The predicted molar refractivity (Wildman–Crippen MR) is 137 cm³/mol. The molecular formula is C26H25BrClN3O2. The molecule has 0 aliphatic carbocycles. The first-order valence-corrected chi connectivity index (χ1v) is 12.0. The molecule has 0 radical (unpaired) electrons. The van der Waals surface area contributed by atoms with E-state index in [1.54, 1.807) is 30.3 Å². The zero-order chi connectivity index (χ0) is 23.4. The summed E-state index contributed by atoms with van der Waals surface area (Å²) in [6.45, 7) is 5.69. The molecule has 3 aromatic rings. The van der Waals surface area contributed by atoms with Gasteiger partial charge in [-0.3, -0.25) is 14.5 Å². The minimum Gasteiger partial charge on any atom is -0.369 e. The molecule has 4 rings (SSSR count). The van der Waals surface area contributed by atoms with Crippen LogP contribution in [-0.2, 0) is 4.79 Å². The molecule has 3 aromatic carbocycles. The van der Waals surface area contributed by atoms with Crippen LogP contribution >= 0.6 is 27.5 Å². The van der Waals surface area contributed by atoms with Crippen molar-refractivity contribution in [2.24, 2.45) is 0 Å². The van der Waals surface area contributed by atoms with Crippen molar-refractivity contribution in [1.29, 1.82) is 0 Å². The predicted octanol–water partition coefficient (Wildman–Crippen LogP) is 5.40. The Labute approximate surface area is 207 Å². The van der Waals surface area contributed by atoms with Gasteiger partial charge in [-0.15, -0.1) is 0 Å². The standard InChI is InChI=1S/C26H25BrClN3O2/c1-18-5-4-6-20(15-18)31-13-11-30(12-14-31)17-25(32)29-24-10-9-19(28)16-22(24)26(33)21-7-2-3-8-23(21)27/h2-10,15-16H,11-14,17H2,1H3,(H,29,32). The van der Waals surface area contributed by atoms with Gasteiger partial charge in [-0.2, -0.15) is 0 Å². The third-order valence-corrected chi connectivity index (χ3v) is 6.65. The zero-order valence-corrected chi connectivity index (χ0v) is 20.7. The normalized spacial score (nSPS) is 14.2. The lowest BCUT2D eigenvalue weighted by molar-refractivity contribution is -0.117. The summed E-state index contributed by atoms with van der Waals surface area (Å²) in [6, 6.07) is 20.6. The highest BCUT2D eigenvalue weighted by Crippen LogP contribution is 2.27. The number of halogens is 2. The minimum absolute atomic E-state index is 0.150. The van der Waals surface area contributed by atoms with Gasteiger partial charge in [-0.25, -0.2) is 0 Å². The van der Waals surface area contributed by atoms with E-state index < -0.39 is 0 Å². The third-order valence-electron chi connectivity index (χ3n) is 5.73. The van der Waals surface area contributed by atoms with Crippen LogP contribution in [0.25, 0.3) is 0 Å². The number of amides is 1. The Kier molecular flexibility index (Phi) is 7.48. The molecule has 0 saturated carbocycles. The molecular weight excluding hydrogens is 502 g/mol. The number of carbonyl (C=O) groups is 2. The van der Waals surface area contributed by atoms with Gasteiger partial charge in [-0.1, -0.05) is 51.8 Å². The van der Waals surface area contributed by atoms with E-state index in [0.717, 1.165) is 26.2 Å². The second kappa shape index (κ2) is 10.5. The van der Waals surface area contributed by atoms with E-state index in [1.165, 1.54) is 11.3 Å². The number of nitrogens with one attached hydrogen (secondary N) is 1. The van der Waals surface area contributed by atoms with Gasteiger partial charge in [0, 0.05) is 52.5 Å². The third kappa shape index (κ3) is 5.82. The number of hydrogen-bond donors (Lipinski definition) is 1. The topological polar surface area (TPSA) is 52.6 Å². The highest BCUT2D eigenvalue weighted by molar-refractivity contribution is 9.10. The van der Waals surface area contributed by atoms with E-state index in [2.05, 4.69) is 62.2 Å². The molecule has 5 nitrogen and oxygen atoms in total. The van der Waals surface area contributed by atoms with Crippen molar-refractivity contribution in [3.8, 4) is 0 Å². The summed E-state index contributed by atoms with van der Waals surface area (Å²) in [6.07, 6.45) is 0. The first-order chi connectivity index (χ1) is 15.9. The summed E-state index contributed by atoms with van der Waals surface area (Å²) < 4.78 is 0.693. The van der Waals surface area contributed by atoms with Crippen LogP contribution in [-0.4, -0.2) is 49.3 Å². The lowest BCUT2D eigenvalue weighted by atomic mass is 10.0. The van der Waals surface area contributed by atoms with Crippen molar-refractivity contribution < 1.29 is 9.59 Å². The number of anilines is 2. The van der Waals surface area contributed by atoms with Crippen molar-refractivity contribution >= 4 is 50.6 Å². The van der Waals surface area contributed by atoms with Gasteiger partial charge in [0.25, 0.3) is 0 Å². The Hall–Kier alpha value is -2.67. The fourth-order valence-electron chi connectivity index (χ4n) is 3.99. The Morgan fingerprint density at radius 3 is 2.42 bits per heavy atom. The van der Waals surface area contributed by atoms with Gasteiger partial charge < -0.3 is 10.2 Å². The summed E-state index contributed by atoms with van der Waals surface area (Å²) in [5, 5.41) is 3.36. The number of rotatable bonds is 6. The van der Waals surface area contributed by atoms with Gasteiger partial charge in [0.05, 0.1) is 12.2 Å². The lowest BCUT2D eigenvalue weighted by Crippen LogP contribution is -2.48. The second-order valence-electron chi connectivity index (χ2n) is 8.15. The van der Waals surface area contributed by atoms with Crippen LogP contribution in [0.1, 0.15) is 21.5 Å². The first-order valence-electron chi connectivity index (χ1n) is 10.8. The quantitative estimate of drug-likeness (QED) is 0.437. The molecule has 1 N–H and O–H groups in total. The van der Waals surface area contributed by atoms with E-state index >= 15 is 0 Å². The van der Waals surface area contributed by atoms with Gasteiger partial charge in [0.1, 0.15) is 0 Å². The van der Waals surface area contributed by atoms with E-state index in [-0.39, 0.29) is 18.2 Å². The summed E-state index contributed by atoms with van der Waals surface area (Å²) in [7, 11) is 0. The number of nitrogens with zero attached hydrogens (tertiary/aromatic N) is 2. The Balaban J connectivity index is 1.40. The van der Waals surface area contributed by atoms with E-state index in [0.29, 0.717) is 26.3 Å². The molecule has 1 aliphatic heterocycles. The van der Waals surface area contributed by atoms with Crippen molar-refractivity contribution in [2.75, 3.05) is 42.9 Å². The van der Waals surface area contributed by atoms with Crippen LogP contribution < -0.4 is 10.2 Å². The summed E-state index contributed by atoms with van der Waals surface area (Å²) >= 11 is 9.59. The van der Waals surface area contributed by atoms with E-state index in [1.807, 2.05) is 12.1 Å². The summed E-state index contributed by atoms with van der Waals surface area (Å²) in [5.41, 5.74) is 3.80. The number of ketones is 1. The summed E-state index contributed by atoms with van der Waals surface area (Å²) in [5.74, 6) is -0.352. The first kappa shape index (κ1) is 23.5. The molecule has 1 fully saturated rings. The maximum Gasteiger partial charge on any atom is 0.238 e. The van der Waals surface area contributed by atoms with Crippen molar-refractivity contribution in [3.05, 3.63) is 92.9 Å². The number of benzene rings is 3. The second-order valence-corrected chi connectivity index (χ2v) is 9.44. The SMILES string of the molecule is Cc1cccc(N2CCN(CC(=O)Nc3ccc(Cl)cc3C(=O)c3ccccc3Br)CC2)c1. The van der Waals surface area contributed by atoms with Crippen molar-refractivity contribution in [3.63, 3.8) is 0 Å². The minimum atomic E-state index is -0.202. The zero-order valence-electron chi connectivity index (χ0n) is 18.4. The van der Waals surface area contributed by atoms with Crippen LogP contribution in [0.15, 0.2) is 71.2 Å². The fraction of sp³-hybridized carbons (Fsp3) is 0.231. The molecule has 0 bridgehead atoms. The highest BCUT2D eigenvalue weighted by atomic mass is 79.9. The molecule has 0 atom stereocenters. The maximum atomic E-state index is 13.2. The number of aryl methyl sites for hydroxylation is 1. The van der Waals surface area contributed by atoms with Crippen LogP contribution in [0.3, 0.4) is 0 Å². The van der Waals surface area contributed by atoms with Gasteiger partial charge in [0.2, 0.25) is 5.91 Å². The fourth-order valence-corrected chi connectivity index (χ4v) is 4.62. The monoisotopic (exact) mass is 525 g/mol. The molecule has 170 valence electrons. The maximum absolute atomic E-state index is 13.2. The Bertz CT molecular complexity index is 1180. The summed E-state index contributed by atoms with van der Waals surface area (Å²) in [4.78, 5) is 30.4. The van der Waals surface area contributed by atoms with Crippen LogP contribution in [0, 0.1) is 6.92 Å². The Morgan fingerprint density at radius 1 is 0.939 bits per heavy atom. The van der Waals surface area contributed by atoms with Gasteiger partial charge in [0.15, 0.2) is 5.78 Å². The average Bonchev–Trinajstić information content (AvgIpc) is 2.80. The Morgan fingerprint density at radius 2 is 1.70 bits per heavy atom. The highest BCUT2D eigenvalue weighted by Gasteiger charge is 2.21. The van der Waals surface area contributed by atoms with Gasteiger partial charge >= 0.3 is 0 Å². The molecule has 1 amide bonds. The van der Waals surface area contributed by atoms with E-state index in [4.69, 9.17) is 11.6 Å². The molecule has 0 spiro atoms. The molecule has 1 heterocycles. The molecule has 0 aromatic heterocycles.